The maximum Gasteiger partial charge on any atom is 0.282 e. The molecule has 1 amide bonds. The molecule has 0 fully saturated rings. The Bertz CT molecular complexity index is 1650. The number of halogens is 1. The average Bonchev–Trinajstić information content (AvgIpc) is 2.92. The smallest absolute Gasteiger partial charge is 0.282 e. The van der Waals surface area contributed by atoms with Gasteiger partial charge in [-0.05, 0) is 49.2 Å². The SMILES string of the molecule is CC[C@@H](C)c1nc2ccc(Br)cc2c(=O)n1N=Cc1cc([N+](=O)[O-])ccc1OCC(=O)Nc1ccccc1C. The third-order valence-corrected chi connectivity index (χ3v) is 6.67. The minimum atomic E-state index is -0.544. The van der Waals surface area contributed by atoms with E-state index in [0.717, 1.165) is 10.0 Å². The summed E-state index contributed by atoms with van der Waals surface area (Å²) in [7, 11) is 0. The van der Waals surface area contributed by atoms with Gasteiger partial charge >= 0.3 is 0 Å². The molecule has 1 N–H and O–H groups in total. The molecular weight excluding hydrogens is 566 g/mol. The zero-order valence-corrected chi connectivity index (χ0v) is 23.1. The van der Waals surface area contributed by atoms with E-state index < -0.39 is 10.8 Å². The Balaban J connectivity index is 1.70. The fraction of sp³-hybridized carbons (Fsp3) is 0.214. The number of nitro benzene ring substituents is 1. The summed E-state index contributed by atoms with van der Waals surface area (Å²) in [5.41, 5.74) is 1.76. The summed E-state index contributed by atoms with van der Waals surface area (Å²) in [6.07, 6.45) is 2.02. The van der Waals surface area contributed by atoms with Gasteiger partial charge in [-0.15, -0.1) is 0 Å². The van der Waals surface area contributed by atoms with Gasteiger partial charge in [-0.3, -0.25) is 19.7 Å². The van der Waals surface area contributed by atoms with Gasteiger partial charge in [0, 0.05) is 33.8 Å². The Kier molecular flexibility index (Phi) is 8.50. The van der Waals surface area contributed by atoms with Crippen LogP contribution in [0.1, 0.15) is 43.1 Å². The highest BCUT2D eigenvalue weighted by atomic mass is 79.9. The summed E-state index contributed by atoms with van der Waals surface area (Å²) < 4.78 is 7.64. The van der Waals surface area contributed by atoms with Crippen LogP contribution < -0.4 is 15.6 Å². The molecule has 0 aliphatic heterocycles. The van der Waals surface area contributed by atoms with Gasteiger partial charge in [-0.2, -0.15) is 9.78 Å². The van der Waals surface area contributed by atoms with Crippen LogP contribution >= 0.6 is 15.9 Å². The Labute approximate surface area is 232 Å². The number of aryl methyl sites for hydroxylation is 1. The topological polar surface area (TPSA) is 129 Å². The van der Waals surface area contributed by atoms with Crippen molar-refractivity contribution in [2.24, 2.45) is 5.10 Å². The highest BCUT2D eigenvalue weighted by Crippen LogP contribution is 2.24. The van der Waals surface area contributed by atoms with Crippen LogP contribution in [0.5, 0.6) is 5.75 Å². The molecule has 10 nitrogen and oxygen atoms in total. The highest BCUT2D eigenvalue weighted by molar-refractivity contribution is 9.10. The predicted molar refractivity (Wildman–Crippen MR) is 154 cm³/mol. The third kappa shape index (κ3) is 6.37. The number of aromatic nitrogens is 2. The predicted octanol–water partition coefficient (Wildman–Crippen LogP) is 5.79. The summed E-state index contributed by atoms with van der Waals surface area (Å²) in [5, 5.41) is 19.0. The molecule has 4 rings (SSSR count). The molecule has 39 heavy (non-hydrogen) atoms. The number of para-hydroxylation sites is 1. The number of benzene rings is 3. The van der Waals surface area contributed by atoms with E-state index in [9.17, 15) is 19.7 Å². The molecule has 4 aromatic rings. The number of amides is 1. The zero-order chi connectivity index (χ0) is 28.1. The van der Waals surface area contributed by atoms with Crippen LogP contribution in [-0.4, -0.2) is 33.3 Å². The van der Waals surface area contributed by atoms with Gasteiger partial charge in [0.25, 0.3) is 17.2 Å². The average molecular weight is 592 g/mol. The first-order valence-electron chi connectivity index (χ1n) is 12.2. The molecule has 0 spiro atoms. The van der Waals surface area contributed by atoms with E-state index in [1.54, 1.807) is 18.2 Å². The number of nitrogens with one attached hydrogen (secondary N) is 1. The summed E-state index contributed by atoms with van der Waals surface area (Å²) in [6.45, 7) is 5.45. The zero-order valence-electron chi connectivity index (χ0n) is 21.6. The van der Waals surface area contributed by atoms with Crippen molar-refractivity contribution >= 4 is 50.3 Å². The maximum atomic E-state index is 13.4. The highest BCUT2D eigenvalue weighted by Gasteiger charge is 2.17. The van der Waals surface area contributed by atoms with E-state index in [1.807, 2.05) is 45.0 Å². The molecule has 0 aliphatic carbocycles. The van der Waals surface area contributed by atoms with E-state index >= 15 is 0 Å². The lowest BCUT2D eigenvalue weighted by Crippen LogP contribution is -2.24. The lowest BCUT2D eigenvalue weighted by Gasteiger charge is -2.14. The van der Waals surface area contributed by atoms with E-state index in [2.05, 4.69) is 31.3 Å². The van der Waals surface area contributed by atoms with E-state index in [-0.39, 0.29) is 35.1 Å². The second kappa shape index (κ2) is 12.0. The van der Waals surface area contributed by atoms with Crippen LogP contribution in [0, 0.1) is 17.0 Å². The lowest BCUT2D eigenvalue weighted by atomic mass is 10.1. The summed E-state index contributed by atoms with van der Waals surface area (Å²) in [4.78, 5) is 41.5. The second-order valence-corrected chi connectivity index (χ2v) is 9.85. The molecule has 0 radical (unpaired) electrons. The Morgan fingerprint density at radius 1 is 1.23 bits per heavy atom. The van der Waals surface area contributed by atoms with E-state index in [0.29, 0.717) is 28.8 Å². The van der Waals surface area contributed by atoms with Gasteiger partial charge in [0.1, 0.15) is 11.6 Å². The molecular formula is C28H26BrN5O5. The fourth-order valence-electron chi connectivity index (χ4n) is 3.82. The molecule has 200 valence electrons. The number of carbonyl (C=O) groups excluding carboxylic acids is 1. The summed E-state index contributed by atoms with van der Waals surface area (Å²) in [5.74, 6) is 0.164. The molecule has 0 saturated carbocycles. The Morgan fingerprint density at radius 2 is 2.00 bits per heavy atom. The monoisotopic (exact) mass is 591 g/mol. The van der Waals surface area contributed by atoms with Gasteiger partial charge in [-0.25, -0.2) is 4.98 Å². The van der Waals surface area contributed by atoms with Crippen molar-refractivity contribution in [1.82, 2.24) is 9.66 Å². The van der Waals surface area contributed by atoms with Crippen LogP contribution in [0.3, 0.4) is 0 Å². The first-order chi connectivity index (χ1) is 18.7. The van der Waals surface area contributed by atoms with Crippen molar-refractivity contribution in [2.45, 2.75) is 33.1 Å². The molecule has 0 bridgehead atoms. The number of rotatable bonds is 9. The first kappa shape index (κ1) is 27.6. The minimum absolute atomic E-state index is 0.0890. The number of carbonyl (C=O) groups is 1. The largest absolute Gasteiger partial charge is 0.483 e. The number of anilines is 1. The molecule has 1 atom stereocenters. The number of hydrogen-bond donors (Lipinski definition) is 1. The number of hydrogen-bond acceptors (Lipinski definition) is 7. The van der Waals surface area contributed by atoms with Gasteiger partial charge in [0.15, 0.2) is 6.61 Å². The van der Waals surface area contributed by atoms with E-state index in [1.165, 1.54) is 29.1 Å². The Hall–Kier alpha value is -4.38. The van der Waals surface area contributed by atoms with Crippen LogP contribution in [0.2, 0.25) is 0 Å². The molecule has 3 aromatic carbocycles. The number of nitro groups is 1. The molecule has 1 aromatic heterocycles. The van der Waals surface area contributed by atoms with Crippen LogP contribution in [0.15, 0.2) is 75.0 Å². The van der Waals surface area contributed by atoms with Crippen molar-refractivity contribution < 1.29 is 14.5 Å². The van der Waals surface area contributed by atoms with Crippen molar-refractivity contribution in [1.29, 1.82) is 0 Å². The normalized spacial score (nSPS) is 12.0. The van der Waals surface area contributed by atoms with Gasteiger partial charge in [-0.1, -0.05) is 48.0 Å². The van der Waals surface area contributed by atoms with Crippen molar-refractivity contribution in [3.63, 3.8) is 0 Å². The van der Waals surface area contributed by atoms with Crippen molar-refractivity contribution in [3.05, 3.63) is 103 Å². The molecule has 0 saturated heterocycles. The quantitative estimate of drug-likeness (QED) is 0.149. The van der Waals surface area contributed by atoms with E-state index in [4.69, 9.17) is 4.74 Å². The van der Waals surface area contributed by atoms with Gasteiger partial charge in [0.2, 0.25) is 0 Å². The number of ether oxygens (including phenoxy) is 1. The fourth-order valence-corrected chi connectivity index (χ4v) is 4.18. The number of non-ortho nitro benzene ring substituents is 1. The minimum Gasteiger partial charge on any atom is -0.483 e. The first-order valence-corrected chi connectivity index (χ1v) is 13.0. The Morgan fingerprint density at radius 3 is 2.72 bits per heavy atom. The van der Waals surface area contributed by atoms with Crippen LogP contribution in [0.4, 0.5) is 11.4 Å². The molecule has 0 aliphatic rings. The maximum absolute atomic E-state index is 13.4. The van der Waals surface area contributed by atoms with Crippen molar-refractivity contribution in [3.8, 4) is 5.75 Å². The standard InChI is InChI=1S/C28H26BrN5O5/c1-4-17(2)27-32-24-11-9-20(29)14-22(24)28(36)33(27)30-15-19-13-21(34(37)38)10-12-25(19)39-16-26(35)31-23-8-6-5-7-18(23)3/h5-15,17H,4,16H2,1-3H3,(H,31,35)/t17-/m1/s1. The molecule has 0 unspecified atom stereocenters. The summed E-state index contributed by atoms with van der Waals surface area (Å²) in [6, 6.07) is 16.5. The van der Waals surface area contributed by atoms with Gasteiger partial charge < -0.3 is 10.1 Å². The number of nitrogens with zero attached hydrogens (tertiary/aromatic N) is 4. The number of fused-ring (bicyclic) bond motifs is 1. The van der Waals surface area contributed by atoms with Gasteiger partial charge in [0.05, 0.1) is 22.0 Å². The molecule has 11 heteroatoms. The second-order valence-electron chi connectivity index (χ2n) is 8.93. The van der Waals surface area contributed by atoms with Crippen LogP contribution in [0.25, 0.3) is 10.9 Å². The van der Waals surface area contributed by atoms with Crippen molar-refractivity contribution in [2.75, 3.05) is 11.9 Å². The third-order valence-electron chi connectivity index (χ3n) is 6.18. The molecule has 1 heterocycles. The lowest BCUT2D eigenvalue weighted by molar-refractivity contribution is -0.384. The summed E-state index contributed by atoms with van der Waals surface area (Å²) >= 11 is 3.39. The van der Waals surface area contributed by atoms with Crippen LogP contribution in [-0.2, 0) is 4.79 Å².